The van der Waals surface area contributed by atoms with E-state index < -0.39 is 11.3 Å². The zero-order valence-corrected chi connectivity index (χ0v) is 20.7. The van der Waals surface area contributed by atoms with Crippen molar-refractivity contribution in [3.8, 4) is 17.2 Å². The number of carbonyl (C=O) groups is 1. The second-order valence-electron chi connectivity index (χ2n) is 8.15. The molecule has 188 valence electrons. The van der Waals surface area contributed by atoms with Crippen molar-refractivity contribution in [2.45, 2.75) is 18.9 Å². The van der Waals surface area contributed by atoms with E-state index in [-0.39, 0.29) is 23.7 Å². The van der Waals surface area contributed by atoms with E-state index in [1.807, 2.05) is 13.0 Å². The van der Waals surface area contributed by atoms with Crippen LogP contribution >= 0.6 is 11.8 Å². The number of aromatic hydroxyl groups is 1. The summed E-state index contributed by atoms with van der Waals surface area (Å²) >= 11 is 1.30. The van der Waals surface area contributed by atoms with Crippen LogP contribution in [0.25, 0.3) is 0 Å². The van der Waals surface area contributed by atoms with E-state index in [4.69, 9.17) is 14.0 Å². The average molecular weight is 520 g/mol. The van der Waals surface area contributed by atoms with Crippen molar-refractivity contribution >= 4 is 22.7 Å². The third kappa shape index (κ3) is 5.01. The number of benzene rings is 3. The summed E-state index contributed by atoms with van der Waals surface area (Å²) < 4.78 is 30.5. The van der Waals surface area contributed by atoms with Gasteiger partial charge >= 0.3 is 0 Å². The van der Waals surface area contributed by atoms with Crippen LogP contribution < -0.4 is 9.47 Å². The molecule has 2 heterocycles. The van der Waals surface area contributed by atoms with Gasteiger partial charge in [-0.15, -0.1) is 0 Å². The molecule has 3 aromatic carbocycles. The highest BCUT2D eigenvalue weighted by atomic mass is 32.2. The van der Waals surface area contributed by atoms with Gasteiger partial charge in [-0.2, -0.15) is 5.10 Å². The number of phenols is 1. The number of thioether (sulfide) groups is 1. The minimum absolute atomic E-state index is 0.101. The predicted octanol–water partition coefficient (Wildman–Crippen LogP) is 5.66. The SMILES string of the molecule is COc1c(OCc2cc(C)no2)cccc1C1SC(c2ccc(F)cc2)=NN1C(=O)c1ccccc1O. The van der Waals surface area contributed by atoms with Gasteiger partial charge in [-0.3, -0.25) is 4.79 Å². The molecule has 0 fully saturated rings. The molecule has 1 amide bonds. The Morgan fingerprint density at radius 2 is 1.92 bits per heavy atom. The molecule has 5 rings (SSSR count). The highest BCUT2D eigenvalue weighted by molar-refractivity contribution is 8.14. The van der Waals surface area contributed by atoms with Crippen molar-refractivity contribution in [3.63, 3.8) is 0 Å². The monoisotopic (exact) mass is 519 g/mol. The van der Waals surface area contributed by atoms with Crippen LogP contribution in [0.5, 0.6) is 17.2 Å². The minimum atomic E-state index is -0.654. The number of amides is 1. The Morgan fingerprint density at radius 3 is 2.62 bits per heavy atom. The molecule has 1 unspecified atom stereocenters. The third-order valence-electron chi connectivity index (χ3n) is 5.60. The molecule has 0 saturated heterocycles. The second kappa shape index (κ2) is 10.4. The van der Waals surface area contributed by atoms with Crippen LogP contribution in [-0.2, 0) is 6.61 Å². The largest absolute Gasteiger partial charge is 0.507 e. The molecule has 8 nitrogen and oxygen atoms in total. The lowest BCUT2D eigenvalue weighted by Gasteiger charge is -2.24. The van der Waals surface area contributed by atoms with Crippen molar-refractivity contribution < 1.29 is 28.3 Å². The number of phenolic OH excluding ortho intramolecular Hbond substituents is 1. The van der Waals surface area contributed by atoms with Gasteiger partial charge in [-0.25, -0.2) is 9.40 Å². The van der Waals surface area contributed by atoms with Gasteiger partial charge in [0.15, 0.2) is 17.3 Å². The van der Waals surface area contributed by atoms with E-state index >= 15 is 0 Å². The standard InChI is InChI=1S/C27H22FN3O5S/c1-16-14-19(36-30-16)15-35-23-9-5-7-21(24(23)34-2)27-31(26(33)20-6-3-4-8-22(20)32)29-25(37-27)17-10-12-18(28)13-11-17/h3-14,27,32H,15H2,1-2H3. The van der Waals surface area contributed by atoms with Crippen molar-refractivity contribution in [2.24, 2.45) is 5.10 Å². The highest BCUT2D eigenvalue weighted by Crippen LogP contribution is 2.48. The van der Waals surface area contributed by atoms with Gasteiger partial charge in [0.25, 0.3) is 5.91 Å². The zero-order valence-electron chi connectivity index (χ0n) is 19.9. The van der Waals surface area contributed by atoms with Crippen molar-refractivity contribution in [3.05, 3.63) is 107 Å². The summed E-state index contributed by atoms with van der Waals surface area (Å²) in [6, 6.07) is 19.3. The number of aromatic nitrogens is 1. The van der Waals surface area contributed by atoms with Crippen LogP contribution in [0.3, 0.4) is 0 Å². The molecule has 1 aliphatic heterocycles. The van der Waals surface area contributed by atoms with Crippen LogP contribution in [0.1, 0.15) is 38.3 Å². The topological polar surface area (TPSA) is 97.4 Å². The maximum atomic E-state index is 13.6. The van der Waals surface area contributed by atoms with Gasteiger partial charge in [-0.05, 0) is 49.4 Å². The first-order valence-electron chi connectivity index (χ1n) is 11.3. The Morgan fingerprint density at radius 1 is 1.14 bits per heavy atom. The molecule has 0 spiro atoms. The van der Waals surface area contributed by atoms with Crippen LogP contribution in [0.15, 0.2) is 82.4 Å². The Bertz CT molecular complexity index is 1470. The van der Waals surface area contributed by atoms with E-state index in [9.17, 15) is 14.3 Å². The molecule has 0 aliphatic carbocycles. The summed E-state index contributed by atoms with van der Waals surface area (Å²) in [6.07, 6.45) is 0. The lowest BCUT2D eigenvalue weighted by Crippen LogP contribution is -2.26. The minimum Gasteiger partial charge on any atom is -0.507 e. The Balaban J connectivity index is 1.52. The highest BCUT2D eigenvalue weighted by Gasteiger charge is 2.37. The van der Waals surface area contributed by atoms with Gasteiger partial charge in [-0.1, -0.05) is 41.2 Å². The fourth-order valence-corrected chi connectivity index (χ4v) is 5.04. The van der Waals surface area contributed by atoms with Gasteiger partial charge < -0.3 is 19.1 Å². The number of para-hydroxylation sites is 2. The molecule has 1 atom stereocenters. The number of nitrogens with zero attached hydrogens (tertiary/aromatic N) is 3. The van der Waals surface area contributed by atoms with Gasteiger partial charge in [0, 0.05) is 17.2 Å². The van der Waals surface area contributed by atoms with Gasteiger partial charge in [0.2, 0.25) is 0 Å². The van der Waals surface area contributed by atoms with Gasteiger partial charge in [0.05, 0.1) is 18.4 Å². The van der Waals surface area contributed by atoms with Crippen molar-refractivity contribution in [1.29, 1.82) is 0 Å². The summed E-state index contributed by atoms with van der Waals surface area (Å²) in [7, 11) is 1.51. The van der Waals surface area contributed by atoms with E-state index in [0.29, 0.717) is 33.4 Å². The first-order chi connectivity index (χ1) is 17.9. The lowest BCUT2D eigenvalue weighted by atomic mass is 10.1. The molecule has 37 heavy (non-hydrogen) atoms. The normalized spacial score (nSPS) is 14.9. The number of hydrogen-bond acceptors (Lipinski definition) is 8. The van der Waals surface area contributed by atoms with Crippen LogP contribution in [0, 0.1) is 12.7 Å². The average Bonchev–Trinajstić information content (AvgIpc) is 3.54. The Labute approximate surface area is 216 Å². The molecule has 1 N–H and O–H groups in total. The summed E-state index contributed by atoms with van der Waals surface area (Å²) in [5.74, 6) is 0.381. The molecule has 10 heteroatoms. The fraction of sp³-hybridized carbons (Fsp3) is 0.148. The van der Waals surface area contributed by atoms with E-state index in [1.54, 1.807) is 42.5 Å². The van der Waals surface area contributed by atoms with Crippen molar-refractivity contribution in [2.75, 3.05) is 7.11 Å². The van der Waals surface area contributed by atoms with Gasteiger partial charge in [0.1, 0.15) is 28.6 Å². The lowest BCUT2D eigenvalue weighted by molar-refractivity contribution is 0.0744. The molecule has 1 aromatic heterocycles. The molecule has 0 bridgehead atoms. The molecule has 0 radical (unpaired) electrons. The van der Waals surface area contributed by atoms with Crippen LogP contribution in [-0.4, -0.2) is 33.3 Å². The first kappa shape index (κ1) is 24.4. The molecule has 1 aliphatic rings. The number of aryl methyl sites for hydroxylation is 1. The predicted molar refractivity (Wildman–Crippen MR) is 136 cm³/mol. The molecule has 0 saturated carbocycles. The molecule has 4 aromatic rings. The second-order valence-corrected chi connectivity index (χ2v) is 9.22. The molecular weight excluding hydrogens is 497 g/mol. The van der Waals surface area contributed by atoms with Crippen molar-refractivity contribution in [1.82, 2.24) is 10.2 Å². The summed E-state index contributed by atoms with van der Waals surface area (Å²) in [5.41, 5.74) is 2.12. The Hall–Kier alpha value is -4.31. The zero-order chi connectivity index (χ0) is 25.9. The van der Waals surface area contributed by atoms with E-state index in [2.05, 4.69) is 10.3 Å². The fourth-order valence-electron chi connectivity index (χ4n) is 3.87. The van der Waals surface area contributed by atoms with Crippen LogP contribution in [0.4, 0.5) is 4.39 Å². The maximum Gasteiger partial charge on any atom is 0.279 e. The summed E-state index contributed by atoms with van der Waals surface area (Å²) in [6.45, 7) is 1.96. The Kier molecular flexibility index (Phi) is 6.82. The van der Waals surface area contributed by atoms with E-state index in [1.165, 1.54) is 48.1 Å². The number of halogens is 1. The number of ether oxygens (including phenoxy) is 2. The first-order valence-corrected chi connectivity index (χ1v) is 12.2. The maximum absolute atomic E-state index is 13.6. The van der Waals surface area contributed by atoms with Crippen LogP contribution in [0.2, 0.25) is 0 Å². The number of methoxy groups -OCH3 is 1. The molecular formula is C27H22FN3O5S. The van der Waals surface area contributed by atoms with E-state index in [0.717, 1.165) is 5.69 Å². The number of hydrazone groups is 1. The number of rotatable bonds is 7. The number of hydrogen-bond donors (Lipinski definition) is 1. The quantitative estimate of drug-likeness (QED) is 0.336. The smallest absolute Gasteiger partial charge is 0.279 e. The summed E-state index contributed by atoms with van der Waals surface area (Å²) in [5, 5.41) is 19.9. The summed E-state index contributed by atoms with van der Waals surface area (Å²) in [4.78, 5) is 13.6. The third-order valence-corrected chi connectivity index (χ3v) is 6.82. The number of carbonyl (C=O) groups excluding carboxylic acids is 1.